The van der Waals surface area contributed by atoms with Gasteiger partial charge in [-0.05, 0) is 56.7 Å². The van der Waals surface area contributed by atoms with Crippen LogP contribution in [0.5, 0.6) is 0 Å². The van der Waals surface area contributed by atoms with E-state index in [1.165, 1.54) is 64.6 Å². The molecule has 1 unspecified atom stereocenters. The molecular formula is C22H34N4O. The number of rotatable bonds is 4. The Kier molecular flexibility index (Phi) is 5.67. The van der Waals surface area contributed by atoms with Crippen LogP contribution in [0.1, 0.15) is 61.7 Å². The number of carbonyl (C=O) groups is 1. The highest BCUT2D eigenvalue weighted by molar-refractivity contribution is 5.95. The van der Waals surface area contributed by atoms with Gasteiger partial charge in [0.05, 0.1) is 0 Å². The molecular weight excluding hydrogens is 336 g/mol. The summed E-state index contributed by atoms with van der Waals surface area (Å²) in [5, 5.41) is 3.03. The maximum Gasteiger partial charge on any atom is 0.254 e. The summed E-state index contributed by atoms with van der Waals surface area (Å²) in [7, 11) is 1.84. The number of aromatic nitrogens is 1. The van der Waals surface area contributed by atoms with Crippen molar-refractivity contribution < 1.29 is 4.79 Å². The Labute approximate surface area is 163 Å². The number of hydrogen-bond donors (Lipinski definition) is 1. The third-order valence-corrected chi connectivity index (χ3v) is 6.97. The first-order chi connectivity index (χ1) is 13.2. The summed E-state index contributed by atoms with van der Waals surface area (Å²) >= 11 is 0. The van der Waals surface area contributed by atoms with Crippen LogP contribution in [0.3, 0.4) is 0 Å². The molecule has 1 aromatic heterocycles. The maximum atomic E-state index is 13.0. The second-order valence-corrected chi connectivity index (χ2v) is 9.00. The molecule has 0 radical (unpaired) electrons. The van der Waals surface area contributed by atoms with E-state index in [0.29, 0.717) is 5.41 Å². The molecule has 1 amide bonds. The number of carbonyl (C=O) groups excluding carboxylic acids is 1. The van der Waals surface area contributed by atoms with Gasteiger partial charge in [0, 0.05) is 50.4 Å². The van der Waals surface area contributed by atoms with Crippen LogP contribution >= 0.6 is 0 Å². The normalized spacial score (nSPS) is 27.2. The minimum atomic E-state index is 0.162. The fraction of sp³-hybridized carbons (Fsp3) is 0.727. The van der Waals surface area contributed by atoms with Crippen molar-refractivity contribution in [2.45, 2.75) is 51.4 Å². The first-order valence-electron chi connectivity index (χ1n) is 10.8. The van der Waals surface area contributed by atoms with Gasteiger partial charge < -0.3 is 15.1 Å². The molecule has 1 atom stereocenters. The van der Waals surface area contributed by atoms with Crippen LogP contribution in [0, 0.1) is 11.3 Å². The summed E-state index contributed by atoms with van der Waals surface area (Å²) in [5.41, 5.74) is 1.07. The minimum Gasteiger partial charge on any atom is -0.373 e. The zero-order chi connectivity index (χ0) is 18.7. The van der Waals surface area contributed by atoms with Gasteiger partial charge in [0.15, 0.2) is 0 Å². The average molecular weight is 371 g/mol. The second-order valence-electron chi connectivity index (χ2n) is 9.00. The van der Waals surface area contributed by atoms with E-state index >= 15 is 0 Å². The predicted octanol–water partition coefficient (Wildman–Crippen LogP) is 3.63. The summed E-state index contributed by atoms with van der Waals surface area (Å²) in [6.45, 7) is 5.54. The van der Waals surface area contributed by atoms with Crippen LogP contribution in [0.15, 0.2) is 18.3 Å². The molecule has 4 rings (SSSR count). The molecule has 2 saturated heterocycles. The molecule has 0 aromatic carbocycles. The Morgan fingerprint density at radius 2 is 2.04 bits per heavy atom. The van der Waals surface area contributed by atoms with E-state index < -0.39 is 0 Å². The Hall–Kier alpha value is -1.62. The summed E-state index contributed by atoms with van der Waals surface area (Å²) in [6.07, 6.45) is 12.6. The number of nitrogens with one attached hydrogen (secondary N) is 1. The number of pyridine rings is 1. The smallest absolute Gasteiger partial charge is 0.254 e. The first kappa shape index (κ1) is 18.7. The number of amides is 1. The number of anilines is 1. The highest BCUT2D eigenvalue weighted by atomic mass is 16.2. The number of piperidine rings is 1. The largest absolute Gasteiger partial charge is 0.373 e. The minimum absolute atomic E-state index is 0.162. The molecule has 0 bridgehead atoms. The van der Waals surface area contributed by atoms with Crippen molar-refractivity contribution in [3.63, 3.8) is 0 Å². The lowest BCUT2D eigenvalue weighted by atomic mass is 9.78. The summed E-state index contributed by atoms with van der Waals surface area (Å²) in [4.78, 5) is 22.0. The molecule has 1 aromatic rings. The quantitative estimate of drug-likeness (QED) is 0.879. The Morgan fingerprint density at radius 1 is 1.19 bits per heavy atom. The topological polar surface area (TPSA) is 48.5 Å². The lowest BCUT2D eigenvalue weighted by Gasteiger charge is -2.42. The molecule has 27 heavy (non-hydrogen) atoms. The highest BCUT2D eigenvalue weighted by Crippen LogP contribution is 2.40. The molecule has 1 N–H and O–H groups in total. The molecule has 1 aliphatic carbocycles. The van der Waals surface area contributed by atoms with Crippen molar-refractivity contribution in [2.75, 3.05) is 45.1 Å². The van der Waals surface area contributed by atoms with Gasteiger partial charge in [0.2, 0.25) is 0 Å². The zero-order valence-electron chi connectivity index (χ0n) is 16.8. The van der Waals surface area contributed by atoms with E-state index in [2.05, 4.69) is 20.1 Å². The molecule has 2 aliphatic heterocycles. The van der Waals surface area contributed by atoms with Crippen molar-refractivity contribution >= 4 is 11.7 Å². The molecule has 148 valence electrons. The van der Waals surface area contributed by atoms with Crippen LogP contribution in [0.2, 0.25) is 0 Å². The van der Waals surface area contributed by atoms with E-state index in [4.69, 9.17) is 0 Å². The lowest BCUT2D eigenvalue weighted by molar-refractivity contribution is 0.0630. The Morgan fingerprint density at radius 3 is 2.85 bits per heavy atom. The number of likely N-dealkylation sites (tertiary alicyclic amines) is 2. The van der Waals surface area contributed by atoms with E-state index in [-0.39, 0.29) is 5.91 Å². The SMILES string of the molecule is CNc1cc(C(=O)N2CCC3(CCCN(CC4CCCCC4)C3)C2)ccn1. The van der Waals surface area contributed by atoms with E-state index in [9.17, 15) is 4.79 Å². The molecule has 5 nitrogen and oxygen atoms in total. The van der Waals surface area contributed by atoms with Crippen LogP contribution < -0.4 is 5.32 Å². The van der Waals surface area contributed by atoms with Crippen molar-refractivity contribution in [2.24, 2.45) is 11.3 Å². The van der Waals surface area contributed by atoms with E-state index in [0.717, 1.165) is 36.8 Å². The van der Waals surface area contributed by atoms with Gasteiger partial charge in [0.25, 0.3) is 5.91 Å². The molecule has 3 fully saturated rings. The van der Waals surface area contributed by atoms with Crippen molar-refractivity contribution in [1.82, 2.24) is 14.8 Å². The van der Waals surface area contributed by atoms with Crippen LogP contribution in [0.25, 0.3) is 0 Å². The third-order valence-electron chi connectivity index (χ3n) is 6.97. The number of nitrogens with zero attached hydrogens (tertiary/aromatic N) is 3. The van der Waals surface area contributed by atoms with Gasteiger partial charge in [-0.25, -0.2) is 4.98 Å². The maximum absolute atomic E-state index is 13.0. The Bertz CT molecular complexity index is 657. The van der Waals surface area contributed by atoms with Crippen molar-refractivity contribution in [1.29, 1.82) is 0 Å². The molecule has 5 heteroatoms. The predicted molar refractivity (Wildman–Crippen MR) is 109 cm³/mol. The van der Waals surface area contributed by atoms with E-state index in [1.807, 2.05) is 19.2 Å². The fourth-order valence-corrected chi connectivity index (χ4v) is 5.53. The highest BCUT2D eigenvalue weighted by Gasteiger charge is 2.43. The summed E-state index contributed by atoms with van der Waals surface area (Å²) < 4.78 is 0. The molecule has 3 heterocycles. The summed E-state index contributed by atoms with van der Waals surface area (Å²) in [5.74, 6) is 1.83. The zero-order valence-corrected chi connectivity index (χ0v) is 16.8. The average Bonchev–Trinajstić information content (AvgIpc) is 3.11. The standard InChI is InChI=1S/C22H34N4O/c1-23-20-14-19(8-11-24-20)21(27)26-13-10-22(17-26)9-5-12-25(16-22)15-18-6-3-2-4-7-18/h8,11,14,18H,2-7,9-10,12-13,15-17H2,1H3,(H,23,24). The summed E-state index contributed by atoms with van der Waals surface area (Å²) in [6, 6.07) is 3.70. The third kappa shape index (κ3) is 4.29. The van der Waals surface area contributed by atoms with E-state index in [1.54, 1.807) is 6.20 Å². The molecule has 1 spiro atoms. The first-order valence-corrected chi connectivity index (χ1v) is 10.8. The van der Waals surface area contributed by atoms with Crippen molar-refractivity contribution in [3.05, 3.63) is 23.9 Å². The molecule has 3 aliphatic rings. The van der Waals surface area contributed by atoms with Gasteiger partial charge in [-0.15, -0.1) is 0 Å². The second kappa shape index (κ2) is 8.17. The monoisotopic (exact) mass is 370 g/mol. The van der Waals surface area contributed by atoms with Gasteiger partial charge in [-0.3, -0.25) is 4.79 Å². The van der Waals surface area contributed by atoms with Gasteiger partial charge in [-0.1, -0.05) is 19.3 Å². The van der Waals surface area contributed by atoms with Gasteiger partial charge in [0.1, 0.15) is 5.82 Å². The van der Waals surface area contributed by atoms with Crippen LogP contribution in [0.4, 0.5) is 5.82 Å². The fourth-order valence-electron chi connectivity index (χ4n) is 5.53. The number of hydrogen-bond acceptors (Lipinski definition) is 4. The van der Waals surface area contributed by atoms with Gasteiger partial charge in [-0.2, -0.15) is 0 Å². The lowest BCUT2D eigenvalue weighted by Crippen LogP contribution is -2.47. The molecule has 1 saturated carbocycles. The van der Waals surface area contributed by atoms with Crippen molar-refractivity contribution in [3.8, 4) is 0 Å². The van der Waals surface area contributed by atoms with Gasteiger partial charge >= 0.3 is 0 Å². The van der Waals surface area contributed by atoms with Crippen LogP contribution in [-0.2, 0) is 0 Å². The van der Waals surface area contributed by atoms with Crippen LogP contribution in [-0.4, -0.2) is 60.5 Å². The Balaban J connectivity index is 1.37.